The Morgan fingerprint density at radius 3 is 2.64 bits per heavy atom. The minimum absolute atomic E-state index is 0.0951. The Kier molecular flexibility index (Phi) is 4.40. The maximum atomic E-state index is 15.2. The highest BCUT2D eigenvalue weighted by Crippen LogP contribution is 2.39. The molecule has 0 atom stereocenters. The number of hydrogen-bond donors (Lipinski definition) is 0. The molecule has 2 saturated heterocycles. The molecule has 2 aromatic heterocycles. The van der Waals surface area contributed by atoms with Gasteiger partial charge in [-0.15, -0.1) is 0 Å². The second-order valence-electron chi connectivity index (χ2n) is 7.56. The van der Waals surface area contributed by atoms with E-state index >= 15 is 4.39 Å². The number of fused-ring (bicyclic) bond motifs is 2. The van der Waals surface area contributed by atoms with Gasteiger partial charge >= 0.3 is 6.01 Å². The van der Waals surface area contributed by atoms with Crippen molar-refractivity contribution in [1.29, 1.82) is 0 Å². The second-order valence-corrected chi connectivity index (χ2v) is 7.97. The predicted octanol–water partition coefficient (Wildman–Crippen LogP) is 4.49. The van der Waals surface area contributed by atoms with Crippen molar-refractivity contribution in [2.45, 2.75) is 31.2 Å². The first-order valence-electron chi connectivity index (χ1n) is 9.60. The van der Waals surface area contributed by atoms with Crippen LogP contribution >= 0.6 is 11.6 Å². The Bertz CT molecular complexity index is 1030. The fraction of sp³-hybridized carbons (Fsp3) is 0.381. The molecule has 3 aromatic rings. The molecule has 0 spiro atoms. The molecule has 2 aliphatic heterocycles. The highest BCUT2D eigenvalue weighted by molar-refractivity contribution is 6.33. The van der Waals surface area contributed by atoms with Gasteiger partial charge in [0.05, 0.1) is 10.6 Å². The lowest BCUT2D eigenvalue weighted by atomic mass is 9.95. The van der Waals surface area contributed by atoms with Crippen molar-refractivity contribution in [2.75, 3.05) is 19.7 Å². The van der Waals surface area contributed by atoms with Crippen LogP contribution in [0.2, 0.25) is 5.02 Å². The lowest BCUT2D eigenvalue weighted by Crippen LogP contribution is -2.43. The molecule has 0 bridgehead atoms. The Hall–Kier alpha value is -2.31. The van der Waals surface area contributed by atoms with E-state index in [9.17, 15) is 0 Å². The first kappa shape index (κ1) is 17.8. The number of halogens is 2. The SMILES string of the molecule is Fc1c(-c2ccccc2Cl)ncc2cnc(OCC34CCCN3CCC4)nc12. The van der Waals surface area contributed by atoms with Gasteiger partial charge in [-0.2, -0.15) is 4.98 Å². The molecule has 28 heavy (non-hydrogen) atoms. The van der Waals surface area contributed by atoms with Crippen LogP contribution in [0, 0.1) is 5.82 Å². The molecule has 2 aliphatic rings. The van der Waals surface area contributed by atoms with E-state index < -0.39 is 5.82 Å². The number of aromatic nitrogens is 3. The summed E-state index contributed by atoms with van der Waals surface area (Å²) in [6.45, 7) is 2.80. The number of pyridine rings is 1. The smallest absolute Gasteiger partial charge is 0.317 e. The third kappa shape index (κ3) is 2.91. The van der Waals surface area contributed by atoms with Crippen molar-refractivity contribution >= 4 is 22.5 Å². The number of benzene rings is 1. The third-order valence-electron chi connectivity index (χ3n) is 5.95. The van der Waals surface area contributed by atoms with Gasteiger partial charge in [-0.1, -0.05) is 29.8 Å². The summed E-state index contributed by atoms with van der Waals surface area (Å²) < 4.78 is 21.1. The van der Waals surface area contributed by atoms with E-state index in [0.717, 1.165) is 25.9 Å². The van der Waals surface area contributed by atoms with Gasteiger partial charge in [0.2, 0.25) is 0 Å². The van der Waals surface area contributed by atoms with Crippen molar-refractivity contribution in [3.8, 4) is 17.3 Å². The summed E-state index contributed by atoms with van der Waals surface area (Å²) in [4.78, 5) is 15.3. The summed E-state index contributed by atoms with van der Waals surface area (Å²) in [5.74, 6) is -0.514. The number of ether oxygens (including phenoxy) is 1. The van der Waals surface area contributed by atoms with Crippen molar-refractivity contribution in [3.63, 3.8) is 0 Å². The minimum Gasteiger partial charge on any atom is -0.461 e. The molecule has 4 heterocycles. The Labute approximate surface area is 167 Å². The van der Waals surface area contributed by atoms with E-state index in [1.807, 2.05) is 0 Å². The summed E-state index contributed by atoms with van der Waals surface area (Å²) >= 11 is 6.22. The lowest BCUT2D eigenvalue weighted by molar-refractivity contribution is 0.108. The molecule has 0 radical (unpaired) electrons. The van der Waals surface area contributed by atoms with Crippen LogP contribution in [0.3, 0.4) is 0 Å². The summed E-state index contributed by atoms with van der Waals surface area (Å²) in [7, 11) is 0. The molecule has 2 fully saturated rings. The van der Waals surface area contributed by atoms with Crippen molar-refractivity contribution in [2.24, 2.45) is 0 Å². The van der Waals surface area contributed by atoms with Crippen LogP contribution in [-0.4, -0.2) is 45.1 Å². The molecule has 5 rings (SSSR count). The highest BCUT2D eigenvalue weighted by atomic mass is 35.5. The van der Waals surface area contributed by atoms with Crippen molar-refractivity contribution in [3.05, 3.63) is 47.5 Å². The van der Waals surface area contributed by atoms with E-state index in [-0.39, 0.29) is 22.8 Å². The Balaban J connectivity index is 1.47. The van der Waals surface area contributed by atoms with Gasteiger partial charge in [-0.05, 0) is 44.8 Å². The van der Waals surface area contributed by atoms with E-state index in [0.29, 0.717) is 22.6 Å². The Morgan fingerprint density at radius 2 is 1.86 bits per heavy atom. The van der Waals surface area contributed by atoms with Crippen LogP contribution < -0.4 is 4.74 Å². The normalized spacial score (nSPS) is 18.5. The summed E-state index contributed by atoms with van der Waals surface area (Å²) in [6.07, 6.45) is 7.79. The zero-order chi connectivity index (χ0) is 19.1. The molecule has 0 amide bonds. The van der Waals surface area contributed by atoms with E-state index in [2.05, 4.69) is 19.9 Å². The lowest BCUT2D eigenvalue weighted by Gasteiger charge is -2.31. The average Bonchev–Trinajstić information content (AvgIpc) is 3.28. The van der Waals surface area contributed by atoms with Crippen LogP contribution in [0.25, 0.3) is 22.2 Å². The fourth-order valence-electron chi connectivity index (χ4n) is 4.52. The first-order chi connectivity index (χ1) is 13.7. The highest BCUT2D eigenvalue weighted by Gasteiger charge is 2.45. The zero-order valence-corrected chi connectivity index (χ0v) is 16.1. The molecule has 5 nitrogen and oxygen atoms in total. The van der Waals surface area contributed by atoms with Gasteiger partial charge in [0.1, 0.15) is 17.8 Å². The molecule has 1 aromatic carbocycles. The van der Waals surface area contributed by atoms with Crippen molar-refractivity contribution < 1.29 is 9.13 Å². The monoisotopic (exact) mass is 398 g/mol. The standard InChI is InChI=1S/C21H20ClFN4O/c22-16-6-2-1-5-15(16)19-17(23)18-14(11-24-19)12-25-20(26-18)28-13-21-7-3-9-27(21)10-4-8-21/h1-2,5-6,11-12H,3-4,7-10,13H2. The summed E-state index contributed by atoms with van der Waals surface area (Å²) in [6, 6.07) is 7.26. The number of hydrogen-bond acceptors (Lipinski definition) is 5. The van der Waals surface area contributed by atoms with Crippen LogP contribution in [0.4, 0.5) is 4.39 Å². The number of rotatable bonds is 4. The Morgan fingerprint density at radius 1 is 1.11 bits per heavy atom. The maximum absolute atomic E-state index is 15.2. The number of nitrogens with zero attached hydrogens (tertiary/aromatic N) is 4. The molecule has 7 heteroatoms. The predicted molar refractivity (Wildman–Crippen MR) is 106 cm³/mol. The third-order valence-corrected chi connectivity index (χ3v) is 6.28. The average molecular weight is 399 g/mol. The van der Waals surface area contributed by atoms with Gasteiger partial charge < -0.3 is 4.74 Å². The van der Waals surface area contributed by atoms with Gasteiger partial charge in [-0.25, -0.2) is 9.37 Å². The molecule has 0 unspecified atom stereocenters. The maximum Gasteiger partial charge on any atom is 0.317 e. The zero-order valence-electron chi connectivity index (χ0n) is 15.4. The van der Waals surface area contributed by atoms with Gasteiger partial charge in [0.25, 0.3) is 0 Å². The second kappa shape index (κ2) is 6.94. The first-order valence-corrected chi connectivity index (χ1v) is 9.98. The van der Waals surface area contributed by atoms with Crippen LogP contribution in [0.1, 0.15) is 25.7 Å². The molecular weight excluding hydrogens is 379 g/mol. The van der Waals surface area contributed by atoms with Crippen LogP contribution in [0.15, 0.2) is 36.7 Å². The molecular formula is C21H20ClFN4O. The molecule has 144 valence electrons. The quantitative estimate of drug-likeness (QED) is 0.648. The van der Waals surface area contributed by atoms with Gasteiger partial charge in [0, 0.05) is 23.3 Å². The molecule has 0 N–H and O–H groups in total. The van der Waals surface area contributed by atoms with Crippen LogP contribution in [0.5, 0.6) is 6.01 Å². The molecule has 0 aliphatic carbocycles. The van der Waals surface area contributed by atoms with Gasteiger partial charge in [-0.3, -0.25) is 9.88 Å². The van der Waals surface area contributed by atoms with E-state index in [1.54, 1.807) is 36.7 Å². The van der Waals surface area contributed by atoms with E-state index in [4.69, 9.17) is 16.3 Å². The summed E-state index contributed by atoms with van der Waals surface area (Å²) in [5.41, 5.74) is 1.01. The van der Waals surface area contributed by atoms with E-state index in [1.165, 1.54) is 12.8 Å². The molecule has 0 saturated carbocycles. The topological polar surface area (TPSA) is 51.1 Å². The fourth-order valence-corrected chi connectivity index (χ4v) is 4.74. The minimum atomic E-state index is -0.514. The largest absolute Gasteiger partial charge is 0.461 e. The van der Waals surface area contributed by atoms with Crippen LogP contribution in [-0.2, 0) is 0 Å². The van der Waals surface area contributed by atoms with Gasteiger partial charge in [0.15, 0.2) is 5.82 Å². The summed E-state index contributed by atoms with van der Waals surface area (Å²) in [5, 5.41) is 0.975. The van der Waals surface area contributed by atoms with Crippen molar-refractivity contribution in [1.82, 2.24) is 19.9 Å².